The summed E-state index contributed by atoms with van der Waals surface area (Å²) in [6.45, 7) is 10.0. The molecular weight excluding hydrogens is 494 g/mol. The first-order valence-electron chi connectivity index (χ1n) is 13.2. The predicted molar refractivity (Wildman–Crippen MR) is 145 cm³/mol. The number of benzene rings is 1. The molecule has 1 aliphatic heterocycles. The average Bonchev–Trinajstić information content (AvgIpc) is 3.65. The van der Waals surface area contributed by atoms with E-state index in [2.05, 4.69) is 33.3 Å². The van der Waals surface area contributed by atoms with Gasteiger partial charge in [-0.05, 0) is 76.3 Å². The summed E-state index contributed by atoms with van der Waals surface area (Å²) in [6, 6.07) is 12.2. The highest BCUT2D eigenvalue weighted by Gasteiger charge is 2.50. The van der Waals surface area contributed by atoms with Crippen LogP contribution in [0.15, 0.2) is 66.0 Å². The summed E-state index contributed by atoms with van der Waals surface area (Å²) in [7, 11) is 0. The van der Waals surface area contributed by atoms with Crippen LogP contribution in [0, 0.1) is 17.2 Å². The molecule has 2 aliphatic rings. The van der Waals surface area contributed by atoms with Crippen LogP contribution in [-0.2, 0) is 16.0 Å². The molecule has 2 fully saturated rings. The smallest absolute Gasteiger partial charge is 0.247 e. The summed E-state index contributed by atoms with van der Waals surface area (Å²) < 4.78 is 7.66. The van der Waals surface area contributed by atoms with Crippen LogP contribution in [0.2, 0.25) is 0 Å². The summed E-state index contributed by atoms with van der Waals surface area (Å²) >= 11 is 0. The van der Waals surface area contributed by atoms with Crippen molar-refractivity contribution in [3.8, 4) is 23.0 Å². The van der Waals surface area contributed by atoms with Gasteiger partial charge in [-0.25, -0.2) is 4.68 Å². The monoisotopic (exact) mass is 527 g/mol. The molecule has 10 nitrogen and oxygen atoms in total. The number of pyridine rings is 1. The van der Waals surface area contributed by atoms with Gasteiger partial charge in [0.25, 0.3) is 0 Å². The van der Waals surface area contributed by atoms with Crippen molar-refractivity contribution in [3.63, 3.8) is 0 Å². The van der Waals surface area contributed by atoms with Crippen LogP contribution < -0.4 is 10.9 Å². The van der Waals surface area contributed by atoms with Crippen LogP contribution in [0.1, 0.15) is 45.6 Å². The van der Waals surface area contributed by atoms with Gasteiger partial charge in [-0.3, -0.25) is 9.59 Å². The second-order valence-electron chi connectivity index (χ2n) is 11.2. The first kappa shape index (κ1) is 26.2. The maximum absolute atomic E-state index is 13.4. The molecule has 1 aromatic carbocycles. The molecule has 1 amide bonds. The number of piperidine rings is 1. The third kappa shape index (κ3) is 5.72. The van der Waals surface area contributed by atoms with Gasteiger partial charge in [-0.2, -0.15) is 5.26 Å². The van der Waals surface area contributed by atoms with Crippen molar-refractivity contribution in [2.45, 2.75) is 70.2 Å². The van der Waals surface area contributed by atoms with Crippen LogP contribution in [0.4, 0.5) is 0 Å². The molecule has 0 unspecified atom stereocenters. The van der Waals surface area contributed by atoms with Gasteiger partial charge in [0, 0.05) is 30.3 Å². The molecule has 5 rings (SSSR count). The first-order valence-corrected chi connectivity index (χ1v) is 13.2. The second-order valence-corrected chi connectivity index (χ2v) is 11.2. The van der Waals surface area contributed by atoms with Gasteiger partial charge in [0.1, 0.15) is 23.4 Å². The Bertz CT molecular complexity index is 1440. The molecule has 0 spiro atoms. The number of aromatic amines is 1. The fourth-order valence-corrected chi connectivity index (χ4v) is 5.59. The molecule has 3 aromatic rings. The molecule has 4 atom stereocenters. The molecule has 1 saturated carbocycles. The normalized spacial score (nSPS) is 20.9. The van der Waals surface area contributed by atoms with E-state index in [-0.39, 0.29) is 29.5 Å². The molecule has 10 heteroatoms. The van der Waals surface area contributed by atoms with E-state index in [0.29, 0.717) is 18.0 Å². The van der Waals surface area contributed by atoms with E-state index in [1.165, 1.54) is 6.07 Å². The van der Waals surface area contributed by atoms with E-state index in [0.717, 1.165) is 36.1 Å². The highest BCUT2D eigenvalue weighted by Crippen LogP contribution is 2.45. The van der Waals surface area contributed by atoms with E-state index >= 15 is 0 Å². The number of H-pyrrole nitrogens is 1. The Morgan fingerprint density at radius 2 is 2.03 bits per heavy atom. The number of rotatable bonds is 8. The van der Waals surface area contributed by atoms with Crippen LogP contribution in [0.3, 0.4) is 0 Å². The summed E-state index contributed by atoms with van der Waals surface area (Å²) in [5.74, 6) is 0.606. The van der Waals surface area contributed by atoms with Gasteiger partial charge in [0.2, 0.25) is 11.5 Å². The fourth-order valence-electron chi connectivity index (χ4n) is 5.59. The largest absolute Gasteiger partial charge is 0.474 e. The SMILES string of the molecule is C=C(OC(C)(C)C)N1[C@@H]2CC[C@@H](C2)[C@H]1C(=O)N[C@H](C#N)Cc1ccc(-n2cc(-c3ccc(=O)[nH]c3)nn2)cc1. The van der Waals surface area contributed by atoms with Crippen LogP contribution in [-0.4, -0.2) is 54.5 Å². The van der Waals surface area contributed by atoms with Crippen molar-refractivity contribution in [1.82, 2.24) is 30.2 Å². The number of hydrogen-bond acceptors (Lipinski definition) is 7. The fraction of sp³-hybridized carbons (Fsp3) is 0.414. The molecule has 1 saturated heterocycles. The van der Waals surface area contributed by atoms with Gasteiger partial charge in [-0.1, -0.05) is 17.3 Å². The van der Waals surface area contributed by atoms with E-state index in [1.54, 1.807) is 23.1 Å². The zero-order valence-electron chi connectivity index (χ0n) is 22.4. The van der Waals surface area contributed by atoms with Gasteiger partial charge in [0.05, 0.1) is 18.0 Å². The number of nitriles is 1. The van der Waals surface area contributed by atoms with Crippen molar-refractivity contribution in [3.05, 3.63) is 77.2 Å². The van der Waals surface area contributed by atoms with Crippen molar-refractivity contribution in [2.75, 3.05) is 0 Å². The first-order chi connectivity index (χ1) is 18.6. The summed E-state index contributed by atoms with van der Waals surface area (Å²) in [4.78, 5) is 29.4. The topological polar surface area (TPSA) is 129 Å². The average molecular weight is 528 g/mol. The summed E-state index contributed by atoms with van der Waals surface area (Å²) in [5.41, 5.74) is 2.52. The van der Waals surface area contributed by atoms with Crippen LogP contribution in [0.25, 0.3) is 16.9 Å². The lowest BCUT2D eigenvalue weighted by molar-refractivity contribution is -0.130. The third-order valence-electron chi connectivity index (χ3n) is 7.25. The van der Waals surface area contributed by atoms with Gasteiger partial charge in [-0.15, -0.1) is 5.10 Å². The lowest BCUT2D eigenvalue weighted by Gasteiger charge is -2.39. The maximum Gasteiger partial charge on any atom is 0.247 e. The molecule has 202 valence electrons. The molecule has 0 radical (unpaired) electrons. The Morgan fingerprint density at radius 3 is 2.69 bits per heavy atom. The van der Waals surface area contributed by atoms with Crippen molar-refractivity contribution < 1.29 is 9.53 Å². The molecule has 2 bridgehead atoms. The van der Waals surface area contributed by atoms with Crippen molar-refractivity contribution in [2.24, 2.45) is 5.92 Å². The highest BCUT2D eigenvalue weighted by atomic mass is 16.5. The number of fused-ring (bicyclic) bond motifs is 2. The Hall–Kier alpha value is -4.39. The third-order valence-corrected chi connectivity index (χ3v) is 7.25. The Labute approximate surface area is 227 Å². The standard InChI is InChI=1S/C29H33N7O3/c1-18(39-29(2,3)4)36-24-11-7-20(14-24)27(36)28(38)32-22(15-30)13-19-5-9-23(10-6-19)35-17-25(33-34-35)21-8-12-26(37)31-16-21/h5-6,8-10,12,16-17,20,22,24,27H,1,7,11,13-14H2,2-4H3,(H,31,37)(H,32,38)/t20-,22-,24+,27-/m0/s1. The summed E-state index contributed by atoms with van der Waals surface area (Å²) in [6.07, 6.45) is 6.71. The number of likely N-dealkylation sites (tertiary alicyclic amines) is 1. The zero-order chi connectivity index (χ0) is 27.7. The number of carbonyl (C=O) groups is 1. The van der Waals surface area contributed by atoms with Crippen molar-refractivity contribution in [1.29, 1.82) is 5.26 Å². The number of nitrogens with one attached hydrogen (secondary N) is 2. The van der Waals surface area contributed by atoms with E-state index < -0.39 is 11.6 Å². The Kier molecular flexibility index (Phi) is 7.00. The van der Waals surface area contributed by atoms with E-state index in [1.807, 2.05) is 49.9 Å². The number of ether oxygens (including phenoxy) is 1. The van der Waals surface area contributed by atoms with Crippen LogP contribution in [0.5, 0.6) is 0 Å². The van der Waals surface area contributed by atoms with Gasteiger partial charge in [0.15, 0.2) is 5.88 Å². The minimum absolute atomic E-state index is 0.151. The molecule has 1 aliphatic carbocycles. The van der Waals surface area contributed by atoms with Crippen molar-refractivity contribution >= 4 is 5.91 Å². The second kappa shape index (κ2) is 10.4. The number of nitrogens with zero attached hydrogens (tertiary/aromatic N) is 5. The predicted octanol–water partition coefficient (Wildman–Crippen LogP) is 3.31. The summed E-state index contributed by atoms with van der Waals surface area (Å²) in [5, 5.41) is 21.2. The minimum atomic E-state index is -0.667. The van der Waals surface area contributed by atoms with Crippen LogP contribution >= 0.6 is 0 Å². The molecule has 39 heavy (non-hydrogen) atoms. The van der Waals surface area contributed by atoms with Gasteiger partial charge < -0.3 is 19.9 Å². The number of amides is 1. The van der Waals surface area contributed by atoms with E-state index in [9.17, 15) is 14.9 Å². The minimum Gasteiger partial charge on any atom is -0.474 e. The number of carbonyl (C=O) groups excluding carboxylic acids is 1. The lowest BCUT2D eigenvalue weighted by Crippen LogP contribution is -2.52. The maximum atomic E-state index is 13.4. The van der Waals surface area contributed by atoms with Gasteiger partial charge >= 0.3 is 0 Å². The van der Waals surface area contributed by atoms with E-state index in [4.69, 9.17) is 4.74 Å². The number of aromatic nitrogens is 4. The number of hydrogen-bond donors (Lipinski definition) is 2. The molecule has 2 aromatic heterocycles. The molecule has 3 heterocycles. The highest BCUT2D eigenvalue weighted by molar-refractivity contribution is 5.83. The zero-order valence-corrected chi connectivity index (χ0v) is 22.4. The lowest BCUT2D eigenvalue weighted by atomic mass is 9.97. The molecular formula is C29H33N7O3. The Morgan fingerprint density at radius 1 is 1.26 bits per heavy atom. The quantitative estimate of drug-likeness (QED) is 0.430. The Balaban J connectivity index is 1.23. The molecule has 2 N–H and O–H groups in total.